The van der Waals surface area contributed by atoms with Crippen LogP contribution in [0.4, 0.5) is 0 Å². The molecule has 0 radical (unpaired) electrons. The molecule has 2 heterocycles. The third-order valence-corrected chi connectivity index (χ3v) is 2.56. The van der Waals surface area contributed by atoms with Gasteiger partial charge in [0.15, 0.2) is 5.79 Å². The highest BCUT2D eigenvalue weighted by atomic mass is 16.7. The minimum Gasteiger partial charge on any atom is -0.481 e. The van der Waals surface area contributed by atoms with Gasteiger partial charge in [-0.2, -0.15) is 0 Å². The van der Waals surface area contributed by atoms with Gasteiger partial charge in [-0.05, 0) is 13.0 Å². The topological polar surface area (TPSA) is 88.9 Å². The number of aliphatic hydroxyl groups is 1. The molecular weight excluding hydrogens is 250 g/mol. The number of rotatable bonds is 3. The minimum absolute atomic E-state index is 0.122. The van der Waals surface area contributed by atoms with Crippen molar-refractivity contribution < 1.29 is 24.5 Å². The number of ether oxygens (including phenoxy) is 2. The van der Waals surface area contributed by atoms with E-state index in [1.807, 2.05) is 19.1 Å². The van der Waals surface area contributed by atoms with Crippen LogP contribution in [0, 0.1) is 0 Å². The Labute approximate surface area is 112 Å². The van der Waals surface area contributed by atoms with Crippen LogP contribution < -0.4 is 0 Å². The maximum atomic E-state index is 9.00. The Hall–Kier alpha value is -1.50. The summed E-state index contributed by atoms with van der Waals surface area (Å²) in [6, 6.07) is 3.82. The van der Waals surface area contributed by atoms with Crippen LogP contribution in [0.1, 0.15) is 25.1 Å². The van der Waals surface area contributed by atoms with Gasteiger partial charge in [-0.25, -0.2) is 0 Å². The summed E-state index contributed by atoms with van der Waals surface area (Å²) in [5, 5.41) is 16.2. The summed E-state index contributed by atoms with van der Waals surface area (Å²) in [7, 11) is 0. The number of aliphatic carboxylic acids is 1. The average molecular weight is 269 g/mol. The monoisotopic (exact) mass is 269 g/mol. The van der Waals surface area contributed by atoms with Gasteiger partial charge in [-0.1, -0.05) is 6.07 Å². The predicted molar refractivity (Wildman–Crippen MR) is 67.6 cm³/mol. The normalized spacial score (nSPS) is 16.6. The standard InChI is InChI=1S/C11H15NO3.C2H4O2/c1-11(14-6-7-15-11)9-2-3-10(4-5-13)12-8-9;1-2(3)4/h2-3,8,13H,4-7H2,1H3;1H3,(H,3,4). The van der Waals surface area contributed by atoms with Crippen molar-refractivity contribution in [3.63, 3.8) is 0 Å². The first kappa shape index (κ1) is 15.6. The maximum Gasteiger partial charge on any atom is 0.300 e. The van der Waals surface area contributed by atoms with Crippen LogP contribution in [0.5, 0.6) is 0 Å². The zero-order valence-corrected chi connectivity index (χ0v) is 11.1. The van der Waals surface area contributed by atoms with Gasteiger partial charge in [0.05, 0.1) is 13.2 Å². The number of carboxylic acid groups (broad SMARTS) is 1. The summed E-state index contributed by atoms with van der Waals surface area (Å²) in [6.45, 7) is 4.34. The lowest BCUT2D eigenvalue weighted by molar-refractivity contribution is -0.150. The summed E-state index contributed by atoms with van der Waals surface area (Å²) in [6.07, 6.45) is 2.33. The first-order valence-electron chi connectivity index (χ1n) is 6.01. The zero-order valence-electron chi connectivity index (χ0n) is 11.1. The zero-order chi connectivity index (χ0) is 14.3. The van der Waals surface area contributed by atoms with Gasteiger partial charge in [0.2, 0.25) is 0 Å². The molecule has 0 spiro atoms. The smallest absolute Gasteiger partial charge is 0.300 e. The van der Waals surface area contributed by atoms with Crippen molar-refractivity contribution in [1.82, 2.24) is 4.98 Å². The number of aromatic nitrogens is 1. The van der Waals surface area contributed by atoms with Crippen molar-refractivity contribution in [2.24, 2.45) is 0 Å². The van der Waals surface area contributed by atoms with Gasteiger partial charge in [0.25, 0.3) is 5.97 Å². The number of carbonyl (C=O) groups is 1. The SMILES string of the molecule is CC(=O)O.CC1(c2ccc(CCO)nc2)OCCO1. The van der Waals surface area contributed by atoms with Crippen molar-refractivity contribution in [3.8, 4) is 0 Å². The Morgan fingerprint density at radius 1 is 1.42 bits per heavy atom. The fraction of sp³-hybridized carbons (Fsp3) is 0.538. The van der Waals surface area contributed by atoms with Gasteiger partial charge in [0, 0.05) is 37.4 Å². The molecule has 106 valence electrons. The molecule has 0 atom stereocenters. The van der Waals surface area contributed by atoms with Crippen LogP contribution in [0.3, 0.4) is 0 Å². The van der Waals surface area contributed by atoms with E-state index in [1.165, 1.54) is 0 Å². The Balaban J connectivity index is 0.000000399. The van der Waals surface area contributed by atoms with E-state index in [9.17, 15) is 0 Å². The summed E-state index contributed by atoms with van der Waals surface area (Å²) >= 11 is 0. The van der Waals surface area contributed by atoms with E-state index in [0.717, 1.165) is 18.2 Å². The lowest BCUT2D eigenvalue weighted by Crippen LogP contribution is -2.22. The van der Waals surface area contributed by atoms with Gasteiger partial charge < -0.3 is 19.7 Å². The second kappa shape index (κ2) is 7.18. The Morgan fingerprint density at radius 3 is 2.42 bits per heavy atom. The maximum absolute atomic E-state index is 9.00. The molecule has 1 fully saturated rings. The molecule has 1 aromatic heterocycles. The molecule has 1 saturated heterocycles. The van der Waals surface area contributed by atoms with Crippen molar-refractivity contribution in [2.75, 3.05) is 19.8 Å². The molecule has 2 rings (SSSR count). The first-order chi connectivity index (χ1) is 8.98. The third kappa shape index (κ3) is 4.94. The predicted octanol–water partition coefficient (Wildman–Crippen LogP) is 0.927. The molecule has 6 nitrogen and oxygen atoms in total. The number of aliphatic hydroxyl groups excluding tert-OH is 1. The van der Waals surface area contributed by atoms with Gasteiger partial charge in [0.1, 0.15) is 0 Å². The summed E-state index contributed by atoms with van der Waals surface area (Å²) < 4.78 is 11.0. The third-order valence-electron chi connectivity index (χ3n) is 2.56. The van der Waals surface area contributed by atoms with Crippen LogP contribution in [-0.2, 0) is 26.5 Å². The average Bonchev–Trinajstić information content (AvgIpc) is 2.78. The molecule has 0 amide bonds. The van der Waals surface area contributed by atoms with Crippen molar-refractivity contribution in [3.05, 3.63) is 29.6 Å². The van der Waals surface area contributed by atoms with Crippen LogP contribution in [-0.4, -0.2) is 41.0 Å². The molecule has 1 aromatic rings. The van der Waals surface area contributed by atoms with E-state index < -0.39 is 11.8 Å². The summed E-state index contributed by atoms with van der Waals surface area (Å²) in [5.41, 5.74) is 1.80. The molecule has 19 heavy (non-hydrogen) atoms. The van der Waals surface area contributed by atoms with Crippen LogP contribution in [0.15, 0.2) is 18.3 Å². The highest BCUT2D eigenvalue weighted by Crippen LogP contribution is 2.30. The Morgan fingerprint density at radius 2 is 2.00 bits per heavy atom. The Kier molecular flexibility index (Phi) is 5.88. The van der Waals surface area contributed by atoms with Crippen molar-refractivity contribution in [1.29, 1.82) is 0 Å². The molecule has 0 bridgehead atoms. The number of nitrogens with zero attached hydrogens (tertiary/aromatic N) is 1. The molecule has 0 unspecified atom stereocenters. The van der Waals surface area contributed by atoms with E-state index in [2.05, 4.69) is 4.98 Å². The molecular formula is C13H19NO5. The summed E-state index contributed by atoms with van der Waals surface area (Å²) in [5.74, 6) is -1.48. The molecule has 6 heteroatoms. The molecule has 1 aliphatic heterocycles. The highest BCUT2D eigenvalue weighted by Gasteiger charge is 2.33. The molecule has 0 saturated carbocycles. The van der Waals surface area contributed by atoms with Crippen LogP contribution in [0.2, 0.25) is 0 Å². The minimum atomic E-state index is -0.833. The first-order valence-corrected chi connectivity index (χ1v) is 6.01. The lowest BCUT2D eigenvalue weighted by atomic mass is 10.1. The number of hydrogen-bond donors (Lipinski definition) is 2. The van der Waals surface area contributed by atoms with Gasteiger partial charge >= 0.3 is 0 Å². The number of hydrogen-bond acceptors (Lipinski definition) is 5. The Bertz CT molecular complexity index is 394. The fourth-order valence-electron chi connectivity index (χ4n) is 1.64. The van der Waals surface area contributed by atoms with Crippen LogP contribution in [0.25, 0.3) is 0 Å². The molecule has 1 aliphatic rings. The number of pyridine rings is 1. The van der Waals surface area contributed by atoms with E-state index in [4.69, 9.17) is 24.5 Å². The van der Waals surface area contributed by atoms with E-state index >= 15 is 0 Å². The molecule has 0 aliphatic carbocycles. The summed E-state index contributed by atoms with van der Waals surface area (Å²) in [4.78, 5) is 13.2. The van der Waals surface area contributed by atoms with Gasteiger partial charge in [-0.15, -0.1) is 0 Å². The van der Waals surface area contributed by atoms with E-state index in [1.54, 1.807) is 6.20 Å². The van der Waals surface area contributed by atoms with E-state index in [-0.39, 0.29) is 6.61 Å². The van der Waals surface area contributed by atoms with E-state index in [0.29, 0.717) is 19.6 Å². The molecule has 2 N–H and O–H groups in total. The molecule has 0 aromatic carbocycles. The lowest BCUT2D eigenvalue weighted by Gasteiger charge is -2.22. The van der Waals surface area contributed by atoms with Crippen LogP contribution >= 0.6 is 0 Å². The second-order valence-corrected chi connectivity index (χ2v) is 4.17. The van der Waals surface area contributed by atoms with Crippen molar-refractivity contribution in [2.45, 2.75) is 26.1 Å². The largest absolute Gasteiger partial charge is 0.481 e. The second-order valence-electron chi connectivity index (χ2n) is 4.17. The highest BCUT2D eigenvalue weighted by molar-refractivity contribution is 5.62. The number of carboxylic acids is 1. The quantitative estimate of drug-likeness (QED) is 0.848. The fourth-order valence-corrected chi connectivity index (χ4v) is 1.64. The van der Waals surface area contributed by atoms with Crippen molar-refractivity contribution >= 4 is 5.97 Å². The van der Waals surface area contributed by atoms with Gasteiger partial charge in [-0.3, -0.25) is 9.78 Å².